The summed E-state index contributed by atoms with van der Waals surface area (Å²) < 4.78 is 18.4. The predicted molar refractivity (Wildman–Crippen MR) is 62.8 cm³/mol. The summed E-state index contributed by atoms with van der Waals surface area (Å²) in [5.41, 5.74) is -0.501. The van der Waals surface area contributed by atoms with Gasteiger partial charge in [-0.05, 0) is 38.0 Å². The largest absolute Gasteiger partial charge is 0.492 e. The summed E-state index contributed by atoms with van der Waals surface area (Å²) in [5.74, 6) is -1.75. The molecule has 0 radical (unpaired) electrons. The van der Waals surface area contributed by atoms with E-state index in [0.29, 0.717) is 5.56 Å². The van der Waals surface area contributed by atoms with Gasteiger partial charge in [-0.3, -0.25) is 4.79 Å². The summed E-state index contributed by atoms with van der Waals surface area (Å²) in [4.78, 5) is 11.0. The minimum Gasteiger partial charge on any atom is -0.492 e. The van der Waals surface area contributed by atoms with Crippen LogP contribution in [0.3, 0.4) is 0 Å². The molecule has 1 aromatic carbocycles. The van der Waals surface area contributed by atoms with E-state index in [1.807, 2.05) is 6.07 Å². The number of benzene rings is 1. The van der Waals surface area contributed by atoms with Crippen LogP contribution in [-0.2, 0) is 11.2 Å². The molecule has 0 aromatic heterocycles. The second kappa shape index (κ2) is 5.05. The first-order valence-corrected chi connectivity index (χ1v) is 5.31. The molecule has 0 saturated heterocycles. The number of nitrogens with zero attached hydrogens (tertiary/aromatic N) is 1. The van der Waals surface area contributed by atoms with Crippen molar-refractivity contribution in [2.24, 2.45) is 5.41 Å². The number of rotatable bonds is 4. The van der Waals surface area contributed by atoms with E-state index in [2.05, 4.69) is 0 Å². The van der Waals surface area contributed by atoms with E-state index < -0.39 is 17.2 Å². The number of ether oxygens (including phenoxy) is 1. The lowest BCUT2D eigenvalue weighted by molar-refractivity contribution is -0.146. The summed E-state index contributed by atoms with van der Waals surface area (Å²) in [6.07, 6.45) is 0.137. The van der Waals surface area contributed by atoms with Gasteiger partial charge in [-0.15, -0.1) is 0 Å². The second-order valence-electron chi connectivity index (χ2n) is 4.64. The first-order valence-electron chi connectivity index (χ1n) is 5.31. The average molecular weight is 251 g/mol. The second-order valence-corrected chi connectivity index (χ2v) is 4.64. The lowest BCUT2D eigenvalue weighted by Crippen LogP contribution is -2.26. The topological polar surface area (TPSA) is 70.3 Å². The molecular weight excluding hydrogens is 237 g/mol. The number of methoxy groups -OCH3 is 1. The van der Waals surface area contributed by atoms with Gasteiger partial charge >= 0.3 is 5.97 Å². The Morgan fingerprint density at radius 1 is 1.56 bits per heavy atom. The molecule has 0 aliphatic carbocycles. The molecule has 0 spiro atoms. The SMILES string of the molecule is COc1c(F)cc(CC(C)(C)C(=O)O)cc1C#N. The van der Waals surface area contributed by atoms with E-state index in [1.54, 1.807) is 13.8 Å². The van der Waals surface area contributed by atoms with Crippen LogP contribution in [-0.4, -0.2) is 18.2 Å². The minimum absolute atomic E-state index is 0.0636. The van der Waals surface area contributed by atoms with E-state index in [0.717, 1.165) is 0 Å². The lowest BCUT2D eigenvalue weighted by Gasteiger charge is -2.19. The molecule has 0 aliphatic rings. The summed E-state index contributed by atoms with van der Waals surface area (Å²) in [6, 6.07) is 4.48. The van der Waals surface area contributed by atoms with Crippen molar-refractivity contribution < 1.29 is 19.0 Å². The van der Waals surface area contributed by atoms with E-state index in [-0.39, 0.29) is 17.7 Å². The van der Waals surface area contributed by atoms with Crippen molar-refractivity contribution in [2.75, 3.05) is 7.11 Å². The van der Waals surface area contributed by atoms with Gasteiger partial charge in [-0.1, -0.05) is 0 Å². The Morgan fingerprint density at radius 3 is 2.61 bits per heavy atom. The maximum Gasteiger partial charge on any atom is 0.309 e. The van der Waals surface area contributed by atoms with E-state index in [9.17, 15) is 9.18 Å². The summed E-state index contributed by atoms with van der Waals surface area (Å²) in [7, 11) is 1.28. The third kappa shape index (κ3) is 2.77. The number of carbonyl (C=O) groups is 1. The first kappa shape index (κ1) is 14.0. The third-order valence-corrected chi connectivity index (χ3v) is 2.65. The van der Waals surface area contributed by atoms with E-state index in [4.69, 9.17) is 15.1 Å². The van der Waals surface area contributed by atoms with Crippen LogP contribution in [0.1, 0.15) is 25.0 Å². The van der Waals surface area contributed by atoms with Gasteiger partial charge < -0.3 is 9.84 Å². The van der Waals surface area contributed by atoms with E-state index in [1.165, 1.54) is 19.2 Å². The van der Waals surface area contributed by atoms with Gasteiger partial charge in [0.1, 0.15) is 6.07 Å². The highest BCUT2D eigenvalue weighted by atomic mass is 19.1. The zero-order valence-corrected chi connectivity index (χ0v) is 10.5. The number of aliphatic carboxylic acids is 1. The predicted octanol–water partition coefficient (Wildman–Crippen LogP) is 2.36. The Hall–Kier alpha value is -2.09. The third-order valence-electron chi connectivity index (χ3n) is 2.65. The standard InChI is InChI=1S/C13H14FNO3/c1-13(2,12(16)17)6-8-4-9(7-15)11(18-3)10(14)5-8/h4-5H,6H2,1-3H3,(H,16,17). The van der Waals surface area contributed by atoms with Gasteiger partial charge in [0.2, 0.25) is 0 Å². The van der Waals surface area contributed by atoms with Crippen molar-refractivity contribution >= 4 is 5.97 Å². The molecule has 0 aliphatic heterocycles. The molecule has 96 valence electrons. The molecule has 5 heteroatoms. The molecular formula is C13H14FNO3. The Balaban J connectivity index is 3.18. The van der Waals surface area contributed by atoms with Crippen LogP contribution in [0.25, 0.3) is 0 Å². The molecule has 0 fully saturated rings. The fourth-order valence-corrected chi connectivity index (χ4v) is 1.63. The summed E-state index contributed by atoms with van der Waals surface area (Å²) in [5, 5.41) is 17.9. The number of hydrogen-bond acceptors (Lipinski definition) is 3. The van der Waals surface area contributed by atoms with Crippen LogP contribution >= 0.6 is 0 Å². The smallest absolute Gasteiger partial charge is 0.309 e. The molecule has 1 aromatic rings. The monoisotopic (exact) mass is 251 g/mol. The van der Waals surface area contributed by atoms with Gasteiger partial charge in [0, 0.05) is 0 Å². The van der Waals surface area contributed by atoms with Crippen molar-refractivity contribution in [3.05, 3.63) is 29.1 Å². The van der Waals surface area contributed by atoms with Crippen LogP contribution in [0.4, 0.5) is 4.39 Å². The van der Waals surface area contributed by atoms with Crippen molar-refractivity contribution in [1.29, 1.82) is 5.26 Å². The number of carboxylic acid groups (broad SMARTS) is 1. The maximum absolute atomic E-state index is 13.7. The van der Waals surface area contributed by atoms with Gasteiger partial charge in [0.25, 0.3) is 0 Å². The normalized spacial score (nSPS) is 10.8. The lowest BCUT2D eigenvalue weighted by atomic mass is 9.85. The molecule has 4 nitrogen and oxygen atoms in total. The minimum atomic E-state index is -1.02. The molecule has 0 saturated carbocycles. The molecule has 18 heavy (non-hydrogen) atoms. The van der Waals surface area contributed by atoms with Gasteiger partial charge in [-0.2, -0.15) is 5.26 Å². The molecule has 0 atom stereocenters. The fraction of sp³-hybridized carbons (Fsp3) is 0.385. The number of carboxylic acids is 1. The van der Waals surface area contributed by atoms with Crippen molar-refractivity contribution in [3.8, 4) is 11.8 Å². The van der Waals surface area contributed by atoms with Crippen LogP contribution in [0, 0.1) is 22.6 Å². The van der Waals surface area contributed by atoms with Gasteiger partial charge in [0.05, 0.1) is 18.1 Å². The van der Waals surface area contributed by atoms with Gasteiger partial charge in [-0.25, -0.2) is 4.39 Å². The van der Waals surface area contributed by atoms with Crippen molar-refractivity contribution in [2.45, 2.75) is 20.3 Å². The summed E-state index contributed by atoms with van der Waals surface area (Å²) >= 11 is 0. The van der Waals surface area contributed by atoms with Crippen LogP contribution in [0.5, 0.6) is 5.75 Å². The Morgan fingerprint density at radius 2 is 2.17 bits per heavy atom. The van der Waals surface area contributed by atoms with Crippen molar-refractivity contribution in [3.63, 3.8) is 0 Å². The highest BCUT2D eigenvalue weighted by Crippen LogP contribution is 2.28. The van der Waals surface area contributed by atoms with Crippen molar-refractivity contribution in [1.82, 2.24) is 0 Å². The van der Waals surface area contributed by atoms with Crippen LogP contribution in [0.15, 0.2) is 12.1 Å². The van der Waals surface area contributed by atoms with Crippen LogP contribution < -0.4 is 4.74 Å². The number of halogens is 1. The van der Waals surface area contributed by atoms with Crippen LogP contribution in [0.2, 0.25) is 0 Å². The number of hydrogen-bond donors (Lipinski definition) is 1. The Labute approximate surface area is 105 Å². The fourth-order valence-electron chi connectivity index (χ4n) is 1.63. The number of nitriles is 1. The maximum atomic E-state index is 13.7. The highest BCUT2D eigenvalue weighted by Gasteiger charge is 2.28. The summed E-state index contributed by atoms with van der Waals surface area (Å²) in [6.45, 7) is 3.09. The molecule has 0 bridgehead atoms. The quantitative estimate of drug-likeness (QED) is 0.891. The Kier molecular flexibility index (Phi) is 3.92. The molecule has 1 N–H and O–H groups in total. The molecule has 0 heterocycles. The zero-order chi connectivity index (χ0) is 13.9. The molecule has 0 amide bonds. The highest BCUT2D eigenvalue weighted by molar-refractivity contribution is 5.74. The van der Waals surface area contributed by atoms with E-state index >= 15 is 0 Å². The first-order chi connectivity index (χ1) is 8.31. The van der Waals surface area contributed by atoms with Gasteiger partial charge in [0.15, 0.2) is 11.6 Å². The molecule has 0 unspecified atom stereocenters. The Bertz CT molecular complexity index is 518. The zero-order valence-electron chi connectivity index (χ0n) is 10.5. The molecule has 1 rings (SSSR count). The average Bonchev–Trinajstić information content (AvgIpc) is 2.27.